The molecule has 2 N–H and O–H groups in total. The predicted molar refractivity (Wildman–Crippen MR) is 105 cm³/mol. The fourth-order valence-electron chi connectivity index (χ4n) is 2.63. The number of hydrogen-bond acceptors (Lipinski definition) is 6. The van der Waals surface area contributed by atoms with Gasteiger partial charge < -0.3 is 14.9 Å². The van der Waals surface area contributed by atoms with Crippen LogP contribution in [0.3, 0.4) is 0 Å². The second kappa shape index (κ2) is 8.18. The van der Waals surface area contributed by atoms with Crippen LogP contribution in [-0.2, 0) is 9.59 Å². The number of rotatable bonds is 6. The average Bonchev–Trinajstić information content (AvgIpc) is 2.94. The molecule has 1 unspecified atom stereocenters. The molecule has 28 heavy (non-hydrogen) atoms. The fourth-order valence-corrected chi connectivity index (χ4v) is 3.46. The number of carboxylic acid groups (broad SMARTS) is 1. The average molecular weight is 399 g/mol. The molecule has 0 radical (unpaired) electrons. The maximum atomic E-state index is 12.7. The van der Waals surface area contributed by atoms with E-state index >= 15 is 0 Å². The van der Waals surface area contributed by atoms with Crippen LogP contribution in [0.5, 0.6) is 11.5 Å². The molecule has 2 aromatic carbocycles. The lowest BCUT2D eigenvalue weighted by Gasteiger charge is -2.15. The maximum absolute atomic E-state index is 12.7. The monoisotopic (exact) mass is 399 g/mol. The minimum Gasteiger partial charge on any atom is -0.508 e. The summed E-state index contributed by atoms with van der Waals surface area (Å²) < 4.78 is 5.56. The molecule has 0 spiro atoms. The molecule has 2 aromatic rings. The molecule has 3 rings (SSSR count). The van der Waals surface area contributed by atoms with Gasteiger partial charge in [0.05, 0.1) is 10.6 Å². The number of aliphatic carboxylic acids is 1. The van der Waals surface area contributed by atoms with Gasteiger partial charge in [0, 0.05) is 11.6 Å². The van der Waals surface area contributed by atoms with Gasteiger partial charge in [-0.3, -0.25) is 9.59 Å². The van der Waals surface area contributed by atoms with Gasteiger partial charge in [0.1, 0.15) is 11.5 Å². The number of anilines is 1. The molecule has 1 aliphatic heterocycles. The second-order valence-electron chi connectivity index (χ2n) is 5.93. The molecule has 1 saturated heterocycles. The number of thioether (sulfide) groups is 1. The molecule has 1 fully saturated rings. The molecular formula is C20H17NO6S. The Balaban J connectivity index is 1.92. The Kier molecular flexibility index (Phi) is 5.70. The van der Waals surface area contributed by atoms with Gasteiger partial charge in [0.15, 0.2) is 6.10 Å². The van der Waals surface area contributed by atoms with Gasteiger partial charge in [-0.05, 0) is 42.5 Å². The third-order valence-corrected chi connectivity index (χ3v) is 4.87. The Bertz CT molecular complexity index is 971. The van der Waals surface area contributed by atoms with Crippen molar-refractivity contribution >= 4 is 40.6 Å². The number of aromatic hydroxyl groups is 1. The van der Waals surface area contributed by atoms with Crippen molar-refractivity contribution in [2.75, 3.05) is 4.90 Å². The van der Waals surface area contributed by atoms with E-state index in [0.717, 1.165) is 16.7 Å². The Hall–Kier alpha value is -3.26. The van der Waals surface area contributed by atoms with E-state index in [1.54, 1.807) is 37.3 Å². The first-order chi connectivity index (χ1) is 13.4. The Labute approximate surface area is 165 Å². The molecule has 0 aromatic heterocycles. The highest BCUT2D eigenvalue weighted by Crippen LogP contribution is 2.37. The molecule has 1 aliphatic rings. The van der Waals surface area contributed by atoms with Crippen LogP contribution in [0.1, 0.15) is 18.9 Å². The van der Waals surface area contributed by atoms with Gasteiger partial charge >= 0.3 is 5.97 Å². The summed E-state index contributed by atoms with van der Waals surface area (Å²) in [5, 5.41) is 18.3. The number of phenolic OH excluding ortho intramolecular Hbond substituents is 1. The van der Waals surface area contributed by atoms with Gasteiger partial charge in [-0.15, -0.1) is 0 Å². The molecule has 0 saturated carbocycles. The van der Waals surface area contributed by atoms with Gasteiger partial charge in [0.2, 0.25) is 0 Å². The number of phenols is 1. The van der Waals surface area contributed by atoms with Crippen LogP contribution in [0.15, 0.2) is 53.4 Å². The molecule has 1 atom stereocenters. The number of amides is 2. The number of nitrogens with zero attached hydrogens (tertiary/aromatic N) is 1. The first-order valence-electron chi connectivity index (χ1n) is 8.46. The van der Waals surface area contributed by atoms with Gasteiger partial charge in [-0.2, -0.15) is 0 Å². The normalized spacial score (nSPS) is 16.5. The summed E-state index contributed by atoms with van der Waals surface area (Å²) in [5.74, 6) is -1.36. The Morgan fingerprint density at radius 3 is 2.64 bits per heavy atom. The lowest BCUT2D eigenvalue weighted by atomic mass is 10.1. The number of carbonyl (C=O) groups is 3. The van der Waals surface area contributed by atoms with Crippen molar-refractivity contribution in [2.24, 2.45) is 0 Å². The molecule has 0 bridgehead atoms. The SMILES string of the molecule is CCC(Oc1ccccc1/C=C1/SC(=O)N(c2cccc(O)c2)C1=O)C(=O)O. The van der Waals surface area contributed by atoms with E-state index in [4.69, 9.17) is 4.74 Å². The number of para-hydroxylation sites is 1. The number of carbonyl (C=O) groups excluding carboxylic acids is 2. The second-order valence-corrected chi connectivity index (χ2v) is 6.92. The maximum Gasteiger partial charge on any atom is 0.344 e. The summed E-state index contributed by atoms with van der Waals surface area (Å²) in [6, 6.07) is 12.6. The zero-order chi connectivity index (χ0) is 20.3. The van der Waals surface area contributed by atoms with E-state index in [-0.39, 0.29) is 22.8 Å². The van der Waals surface area contributed by atoms with Crippen LogP contribution in [0.25, 0.3) is 6.08 Å². The van der Waals surface area contributed by atoms with Crippen molar-refractivity contribution in [3.8, 4) is 11.5 Å². The smallest absolute Gasteiger partial charge is 0.344 e. The summed E-state index contributed by atoms with van der Waals surface area (Å²) >= 11 is 0.762. The van der Waals surface area contributed by atoms with Crippen molar-refractivity contribution in [2.45, 2.75) is 19.4 Å². The molecule has 1 heterocycles. The standard InChI is InChI=1S/C20H17NO6S/c1-2-15(19(24)25)27-16-9-4-3-6-12(16)10-17-18(23)21(20(26)28-17)13-7-5-8-14(22)11-13/h3-11,15,22H,2H2,1H3,(H,24,25)/b17-10+. The van der Waals surface area contributed by atoms with E-state index in [1.165, 1.54) is 24.3 Å². The highest BCUT2D eigenvalue weighted by Gasteiger charge is 2.36. The van der Waals surface area contributed by atoms with Crippen LogP contribution >= 0.6 is 11.8 Å². The van der Waals surface area contributed by atoms with E-state index in [1.807, 2.05) is 0 Å². The highest BCUT2D eigenvalue weighted by molar-refractivity contribution is 8.19. The predicted octanol–water partition coefficient (Wildman–Crippen LogP) is 3.88. The van der Waals surface area contributed by atoms with Crippen LogP contribution in [-0.4, -0.2) is 33.4 Å². The Morgan fingerprint density at radius 2 is 1.96 bits per heavy atom. The van der Waals surface area contributed by atoms with E-state index in [2.05, 4.69) is 0 Å². The lowest BCUT2D eigenvalue weighted by Crippen LogP contribution is -2.27. The van der Waals surface area contributed by atoms with Crippen molar-refractivity contribution < 1.29 is 29.3 Å². The van der Waals surface area contributed by atoms with E-state index in [9.17, 15) is 24.6 Å². The van der Waals surface area contributed by atoms with Crippen molar-refractivity contribution in [3.05, 3.63) is 59.0 Å². The number of ether oxygens (including phenoxy) is 1. The van der Waals surface area contributed by atoms with Gasteiger partial charge in [-0.1, -0.05) is 31.2 Å². The molecule has 0 aliphatic carbocycles. The summed E-state index contributed by atoms with van der Waals surface area (Å²) in [7, 11) is 0. The molecular weight excluding hydrogens is 382 g/mol. The fraction of sp³-hybridized carbons (Fsp3) is 0.150. The number of hydrogen-bond donors (Lipinski definition) is 2. The van der Waals surface area contributed by atoms with Crippen molar-refractivity contribution in [1.82, 2.24) is 0 Å². The van der Waals surface area contributed by atoms with Gasteiger partial charge in [-0.25, -0.2) is 9.69 Å². The minimum absolute atomic E-state index is 0.0569. The largest absolute Gasteiger partial charge is 0.508 e. The third-order valence-electron chi connectivity index (χ3n) is 4.00. The molecule has 7 nitrogen and oxygen atoms in total. The molecule has 144 valence electrons. The van der Waals surface area contributed by atoms with Crippen LogP contribution in [0.2, 0.25) is 0 Å². The quantitative estimate of drug-likeness (QED) is 0.711. The van der Waals surface area contributed by atoms with Crippen LogP contribution in [0.4, 0.5) is 10.5 Å². The Morgan fingerprint density at radius 1 is 1.21 bits per heavy atom. The zero-order valence-electron chi connectivity index (χ0n) is 14.9. The first kappa shape index (κ1) is 19.5. The lowest BCUT2D eigenvalue weighted by molar-refractivity contribution is -0.145. The summed E-state index contributed by atoms with van der Waals surface area (Å²) in [6.45, 7) is 1.70. The minimum atomic E-state index is -1.08. The first-order valence-corrected chi connectivity index (χ1v) is 9.28. The third kappa shape index (κ3) is 4.01. The molecule has 2 amide bonds. The van der Waals surface area contributed by atoms with Crippen molar-refractivity contribution in [3.63, 3.8) is 0 Å². The topological polar surface area (TPSA) is 104 Å². The van der Waals surface area contributed by atoms with Crippen LogP contribution in [0, 0.1) is 0 Å². The number of benzene rings is 2. The van der Waals surface area contributed by atoms with E-state index < -0.39 is 23.2 Å². The highest BCUT2D eigenvalue weighted by atomic mass is 32.2. The van der Waals surface area contributed by atoms with Crippen LogP contribution < -0.4 is 9.64 Å². The summed E-state index contributed by atoms with van der Waals surface area (Å²) in [5.41, 5.74) is 0.760. The number of imide groups is 1. The van der Waals surface area contributed by atoms with E-state index in [0.29, 0.717) is 11.3 Å². The number of carboxylic acids is 1. The summed E-state index contributed by atoms with van der Waals surface area (Å²) in [4.78, 5) is 37.5. The van der Waals surface area contributed by atoms with Gasteiger partial charge in [0.25, 0.3) is 11.1 Å². The zero-order valence-corrected chi connectivity index (χ0v) is 15.7. The van der Waals surface area contributed by atoms with Crippen molar-refractivity contribution in [1.29, 1.82) is 0 Å². The summed E-state index contributed by atoms with van der Waals surface area (Å²) in [6.07, 6.45) is 0.756. The molecule has 8 heteroatoms.